The van der Waals surface area contributed by atoms with E-state index in [0.717, 1.165) is 54.3 Å². The van der Waals surface area contributed by atoms with Crippen LogP contribution in [0.4, 0.5) is 5.69 Å². The van der Waals surface area contributed by atoms with Crippen molar-refractivity contribution in [3.8, 4) is 5.75 Å². The van der Waals surface area contributed by atoms with Crippen molar-refractivity contribution in [2.75, 3.05) is 51.0 Å². The number of hydrogen-bond donors (Lipinski definition) is 1. The number of hydrogen-bond acceptors (Lipinski definition) is 9. The van der Waals surface area contributed by atoms with Gasteiger partial charge in [-0.15, -0.1) is 0 Å². The highest BCUT2D eigenvalue weighted by atomic mass is 32.2. The third kappa shape index (κ3) is 4.23. The molecule has 1 aromatic heterocycles. The van der Waals surface area contributed by atoms with E-state index >= 15 is 0 Å². The van der Waals surface area contributed by atoms with Crippen molar-refractivity contribution in [2.24, 2.45) is 11.0 Å². The molecule has 170 valence electrons. The summed E-state index contributed by atoms with van der Waals surface area (Å²) in [6.07, 6.45) is 7.58. The van der Waals surface area contributed by atoms with Crippen molar-refractivity contribution in [3.63, 3.8) is 0 Å². The Labute approximate surface area is 194 Å². The van der Waals surface area contributed by atoms with Crippen LogP contribution in [0.25, 0.3) is 0 Å². The van der Waals surface area contributed by atoms with Gasteiger partial charge in [0.2, 0.25) is 0 Å². The van der Waals surface area contributed by atoms with Gasteiger partial charge in [-0.2, -0.15) is 5.10 Å². The van der Waals surface area contributed by atoms with Gasteiger partial charge >= 0.3 is 0 Å². The number of likely N-dealkylation sites (tertiary alicyclic amines) is 1. The Balaban J connectivity index is 1.08. The Morgan fingerprint density at radius 1 is 1.22 bits per heavy atom. The number of ether oxygens (including phenoxy) is 1. The van der Waals surface area contributed by atoms with Crippen molar-refractivity contribution in [2.45, 2.75) is 25.0 Å². The quantitative estimate of drug-likeness (QED) is 0.642. The van der Waals surface area contributed by atoms with Crippen molar-refractivity contribution in [3.05, 3.63) is 48.5 Å². The summed E-state index contributed by atoms with van der Waals surface area (Å²) in [6, 6.07) is 9.02. The van der Waals surface area contributed by atoms with Gasteiger partial charge in [0.25, 0.3) is 0 Å². The van der Waals surface area contributed by atoms with E-state index in [9.17, 15) is 0 Å². The van der Waals surface area contributed by atoms with Crippen molar-refractivity contribution < 1.29 is 4.74 Å². The SMILES string of the molecule is COc1ccccc1N1CCC2CN(CCCSC3=NNC(c4cnccn4)N3C)CC21. The van der Waals surface area contributed by atoms with Crippen LogP contribution in [0, 0.1) is 5.92 Å². The minimum Gasteiger partial charge on any atom is -0.495 e. The van der Waals surface area contributed by atoms with Gasteiger partial charge in [-0.1, -0.05) is 23.9 Å². The van der Waals surface area contributed by atoms with E-state index in [-0.39, 0.29) is 6.17 Å². The molecule has 4 heterocycles. The number of fused-ring (bicyclic) bond motifs is 1. The zero-order valence-corrected chi connectivity index (χ0v) is 19.5. The Morgan fingerprint density at radius 2 is 2.12 bits per heavy atom. The molecule has 9 heteroatoms. The molecule has 0 radical (unpaired) electrons. The van der Waals surface area contributed by atoms with Gasteiger partial charge in [0.05, 0.1) is 19.0 Å². The summed E-state index contributed by atoms with van der Waals surface area (Å²) in [5.74, 6) is 2.80. The molecule has 0 amide bonds. The molecule has 0 bridgehead atoms. The maximum atomic E-state index is 5.62. The Hall–Kier alpha value is -2.52. The third-order valence-corrected chi connectivity index (χ3v) is 7.83. The van der Waals surface area contributed by atoms with Crippen LogP contribution in [-0.4, -0.2) is 77.1 Å². The predicted octanol–water partition coefficient (Wildman–Crippen LogP) is 2.62. The van der Waals surface area contributed by atoms with E-state index in [0.29, 0.717) is 6.04 Å². The average Bonchev–Trinajstić information content (AvgIpc) is 3.52. The number of methoxy groups -OCH3 is 1. The normalized spacial score (nSPS) is 25.1. The molecular formula is C23H31N7OS. The highest BCUT2D eigenvalue weighted by molar-refractivity contribution is 8.13. The molecule has 8 nitrogen and oxygen atoms in total. The Kier molecular flexibility index (Phi) is 6.36. The number of rotatable bonds is 7. The first kappa shape index (κ1) is 21.3. The van der Waals surface area contributed by atoms with E-state index in [2.05, 4.69) is 60.4 Å². The topological polar surface area (TPSA) is 69.1 Å². The van der Waals surface area contributed by atoms with Crippen LogP contribution in [0.2, 0.25) is 0 Å². The van der Waals surface area contributed by atoms with E-state index in [4.69, 9.17) is 4.74 Å². The highest BCUT2D eigenvalue weighted by Gasteiger charge is 2.41. The second kappa shape index (κ2) is 9.54. The highest BCUT2D eigenvalue weighted by Crippen LogP contribution is 2.39. The molecule has 2 fully saturated rings. The van der Waals surface area contributed by atoms with Gasteiger partial charge in [-0.25, -0.2) is 0 Å². The number of hydrazone groups is 1. The monoisotopic (exact) mass is 453 g/mol. The molecule has 3 aliphatic heterocycles. The molecule has 32 heavy (non-hydrogen) atoms. The zero-order chi connectivity index (χ0) is 21.9. The minimum absolute atomic E-state index is 0.0369. The lowest BCUT2D eigenvalue weighted by Crippen LogP contribution is -2.35. The summed E-state index contributed by atoms with van der Waals surface area (Å²) in [6.45, 7) is 4.62. The lowest BCUT2D eigenvalue weighted by Gasteiger charge is -2.28. The standard InChI is InChI=1S/C23H31N7OS/c1-28-22(18-14-24-9-10-25-18)26-27-23(28)32-13-5-11-29-15-17-8-12-30(20(17)16-29)19-6-3-4-7-21(19)31-2/h3-4,6-7,9-10,14,17,20,22,26H,5,8,11-13,15-16H2,1-2H3. The van der Waals surface area contributed by atoms with Crippen LogP contribution < -0.4 is 15.1 Å². The van der Waals surface area contributed by atoms with Crippen LogP contribution in [0.3, 0.4) is 0 Å². The van der Waals surface area contributed by atoms with Gasteiger partial charge in [0.15, 0.2) is 11.3 Å². The molecule has 2 aromatic rings. The van der Waals surface area contributed by atoms with Gasteiger partial charge in [-0.05, 0) is 37.4 Å². The lowest BCUT2D eigenvalue weighted by atomic mass is 10.0. The molecule has 1 aromatic carbocycles. The van der Waals surface area contributed by atoms with Gasteiger partial charge in [0, 0.05) is 50.9 Å². The van der Waals surface area contributed by atoms with Crippen molar-refractivity contribution in [1.82, 2.24) is 25.2 Å². The summed E-state index contributed by atoms with van der Waals surface area (Å²) in [5, 5.41) is 5.52. The summed E-state index contributed by atoms with van der Waals surface area (Å²) in [5.41, 5.74) is 5.31. The van der Waals surface area contributed by atoms with Gasteiger partial charge in [-0.3, -0.25) is 15.4 Å². The number of benzene rings is 1. The fraction of sp³-hybridized carbons (Fsp3) is 0.522. The zero-order valence-electron chi connectivity index (χ0n) is 18.7. The maximum absolute atomic E-state index is 5.62. The lowest BCUT2D eigenvalue weighted by molar-refractivity contribution is 0.318. The molecule has 3 atom stereocenters. The molecule has 5 rings (SSSR count). The summed E-state index contributed by atoms with van der Waals surface area (Å²) in [7, 11) is 3.82. The second-order valence-corrected chi connectivity index (χ2v) is 9.67. The first-order chi connectivity index (χ1) is 15.7. The van der Waals surface area contributed by atoms with Gasteiger partial charge < -0.3 is 19.4 Å². The van der Waals surface area contributed by atoms with E-state index in [1.165, 1.54) is 18.7 Å². The summed E-state index contributed by atoms with van der Waals surface area (Å²) >= 11 is 1.81. The molecule has 0 saturated carbocycles. The fourth-order valence-corrected chi connectivity index (χ4v) is 5.97. The van der Waals surface area contributed by atoms with Crippen LogP contribution in [0.1, 0.15) is 24.7 Å². The molecular weight excluding hydrogens is 422 g/mol. The number of thioether (sulfide) groups is 1. The number of nitrogens with one attached hydrogen (secondary N) is 1. The van der Waals surface area contributed by atoms with Crippen LogP contribution in [0.15, 0.2) is 48.0 Å². The summed E-state index contributed by atoms with van der Waals surface area (Å²) < 4.78 is 5.62. The molecule has 0 aliphatic carbocycles. The number of amidine groups is 1. The number of aromatic nitrogens is 2. The van der Waals surface area contributed by atoms with E-state index in [1.807, 2.05) is 17.8 Å². The number of para-hydroxylation sites is 2. The summed E-state index contributed by atoms with van der Waals surface area (Å²) in [4.78, 5) is 15.9. The average molecular weight is 454 g/mol. The third-order valence-electron chi connectivity index (χ3n) is 6.70. The Morgan fingerprint density at radius 3 is 2.97 bits per heavy atom. The minimum atomic E-state index is -0.0369. The molecule has 3 unspecified atom stereocenters. The molecule has 0 spiro atoms. The van der Waals surface area contributed by atoms with Crippen LogP contribution >= 0.6 is 11.8 Å². The van der Waals surface area contributed by atoms with E-state index in [1.54, 1.807) is 25.7 Å². The fourth-order valence-electron chi connectivity index (χ4n) is 5.09. The molecule has 3 aliphatic rings. The molecule has 2 saturated heterocycles. The van der Waals surface area contributed by atoms with Gasteiger partial charge in [0.1, 0.15) is 11.4 Å². The smallest absolute Gasteiger partial charge is 0.184 e. The second-order valence-electron chi connectivity index (χ2n) is 8.61. The first-order valence-electron chi connectivity index (χ1n) is 11.3. The van der Waals surface area contributed by atoms with Crippen LogP contribution in [0.5, 0.6) is 5.75 Å². The van der Waals surface area contributed by atoms with E-state index < -0.39 is 0 Å². The largest absolute Gasteiger partial charge is 0.495 e. The Bertz CT molecular complexity index is 943. The number of anilines is 1. The first-order valence-corrected chi connectivity index (χ1v) is 12.3. The van der Waals surface area contributed by atoms with Crippen LogP contribution in [-0.2, 0) is 0 Å². The van der Waals surface area contributed by atoms with Crippen molar-refractivity contribution in [1.29, 1.82) is 0 Å². The predicted molar refractivity (Wildman–Crippen MR) is 129 cm³/mol. The maximum Gasteiger partial charge on any atom is 0.184 e. The molecule has 1 N–H and O–H groups in total. The number of nitrogens with zero attached hydrogens (tertiary/aromatic N) is 6. The van der Waals surface area contributed by atoms with Crippen molar-refractivity contribution >= 4 is 22.6 Å².